The van der Waals surface area contributed by atoms with Crippen LogP contribution in [0.15, 0.2) is 0 Å². The third-order valence-corrected chi connectivity index (χ3v) is 21.3. The fraction of sp³-hybridized carbons (Fsp3) is 0.950. The minimum Gasteiger partial charge on any atom is -0.462 e. The van der Waals surface area contributed by atoms with E-state index in [1.165, 1.54) is 231 Å². The van der Waals surface area contributed by atoms with Gasteiger partial charge in [0.25, 0.3) is 0 Å². The van der Waals surface area contributed by atoms with Crippen molar-refractivity contribution in [2.75, 3.05) is 39.6 Å². The summed E-state index contributed by atoms with van der Waals surface area (Å²) < 4.78 is 68.5. The molecule has 0 amide bonds. The zero-order valence-electron chi connectivity index (χ0n) is 64.8. The van der Waals surface area contributed by atoms with E-state index in [0.29, 0.717) is 25.7 Å². The van der Waals surface area contributed by atoms with Crippen molar-refractivity contribution in [1.29, 1.82) is 0 Å². The van der Waals surface area contributed by atoms with Crippen LogP contribution in [-0.2, 0) is 65.4 Å². The van der Waals surface area contributed by atoms with E-state index in [1.54, 1.807) is 0 Å². The van der Waals surface area contributed by atoms with Crippen LogP contribution < -0.4 is 0 Å². The molecule has 0 heterocycles. The van der Waals surface area contributed by atoms with Crippen molar-refractivity contribution in [1.82, 2.24) is 0 Å². The van der Waals surface area contributed by atoms with Crippen molar-refractivity contribution >= 4 is 39.5 Å². The number of hydrogen-bond donors (Lipinski definition) is 3. The van der Waals surface area contributed by atoms with Crippen LogP contribution in [0.3, 0.4) is 0 Å². The molecule has 99 heavy (non-hydrogen) atoms. The highest BCUT2D eigenvalue weighted by Gasteiger charge is 2.30. The number of carbonyl (C=O) groups is 4. The maximum absolute atomic E-state index is 13.1. The molecule has 0 aromatic rings. The maximum atomic E-state index is 13.1. The Labute approximate surface area is 607 Å². The predicted molar refractivity (Wildman–Crippen MR) is 405 cm³/mol. The Morgan fingerprint density at radius 1 is 0.283 bits per heavy atom. The maximum Gasteiger partial charge on any atom is 0.472 e. The van der Waals surface area contributed by atoms with Crippen molar-refractivity contribution in [3.05, 3.63) is 0 Å². The molecule has 0 rings (SSSR count). The Kier molecular flexibility index (Phi) is 70.3. The summed E-state index contributed by atoms with van der Waals surface area (Å²) >= 11 is 0. The number of phosphoric ester groups is 2. The molecule has 0 bridgehead atoms. The number of unbranched alkanes of at least 4 members (excludes halogenated alkanes) is 47. The van der Waals surface area contributed by atoms with E-state index >= 15 is 0 Å². The van der Waals surface area contributed by atoms with Gasteiger partial charge in [-0.15, -0.1) is 0 Å². The lowest BCUT2D eigenvalue weighted by molar-refractivity contribution is -0.161. The van der Waals surface area contributed by atoms with Gasteiger partial charge in [-0.05, 0) is 37.5 Å². The van der Waals surface area contributed by atoms with Crippen LogP contribution >= 0.6 is 15.6 Å². The summed E-state index contributed by atoms with van der Waals surface area (Å²) in [4.78, 5) is 72.8. The number of carbonyl (C=O) groups excluding carboxylic acids is 4. The Hall–Kier alpha value is -1.94. The lowest BCUT2D eigenvalue weighted by atomic mass is 9.99. The van der Waals surface area contributed by atoms with E-state index in [4.69, 9.17) is 37.0 Å². The van der Waals surface area contributed by atoms with Crippen LogP contribution in [-0.4, -0.2) is 96.7 Å². The molecule has 0 aliphatic rings. The Morgan fingerprint density at radius 2 is 0.485 bits per heavy atom. The van der Waals surface area contributed by atoms with Gasteiger partial charge in [-0.25, -0.2) is 9.13 Å². The second kappa shape index (κ2) is 71.7. The first-order valence-corrected chi connectivity index (χ1v) is 44.6. The zero-order valence-corrected chi connectivity index (χ0v) is 66.6. The molecule has 3 N–H and O–H groups in total. The third-order valence-electron chi connectivity index (χ3n) is 19.4. The van der Waals surface area contributed by atoms with Crippen LogP contribution in [0.4, 0.5) is 0 Å². The molecule has 0 spiro atoms. The summed E-state index contributed by atoms with van der Waals surface area (Å²) in [5.41, 5.74) is 0. The summed E-state index contributed by atoms with van der Waals surface area (Å²) in [6.07, 6.45) is 61.0. The second-order valence-corrected chi connectivity index (χ2v) is 32.2. The van der Waals surface area contributed by atoms with Gasteiger partial charge in [0, 0.05) is 25.7 Å². The van der Waals surface area contributed by atoms with E-state index in [0.717, 1.165) is 108 Å². The number of rotatable bonds is 79. The Balaban J connectivity index is 5.17. The minimum atomic E-state index is -4.96. The standard InChI is InChI=1S/C80H156O17P2/c1-7-11-13-15-17-19-32-40-46-52-58-64-79(84)96-75(68-90-77(82)62-56-50-44-18-16-14-12-8-2)70-94-98(86,87)92-66-74(81)67-93-99(88,89)95-71-76(69-91-78(83)63-57-51-45-39-35-30-27-26-29-34-38-43-49-55-61-73(6)10-4)97-80(85)65-59-53-47-41-36-31-25-23-21-20-22-24-28-33-37-42-48-54-60-72(5)9-3/h72-76,81H,7-71H2,1-6H3,(H,86,87)(H,88,89)/t72?,73?,74-,75+,76+/m0/s1. The average molecular weight is 1450 g/mol. The third kappa shape index (κ3) is 71.5. The Bertz CT molecular complexity index is 1910. The molecule has 4 unspecified atom stereocenters. The summed E-state index contributed by atoms with van der Waals surface area (Å²) in [5, 5.41) is 10.6. The van der Waals surface area contributed by atoms with Gasteiger partial charge in [0.1, 0.15) is 19.3 Å². The van der Waals surface area contributed by atoms with Gasteiger partial charge in [0.05, 0.1) is 26.4 Å². The second-order valence-electron chi connectivity index (χ2n) is 29.3. The number of ether oxygens (including phenoxy) is 4. The topological polar surface area (TPSA) is 237 Å². The molecule has 0 saturated heterocycles. The predicted octanol–water partition coefficient (Wildman–Crippen LogP) is 23.9. The van der Waals surface area contributed by atoms with Gasteiger partial charge in [-0.1, -0.05) is 369 Å². The van der Waals surface area contributed by atoms with Crippen molar-refractivity contribution in [3.8, 4) is 0 Å². The first-order chi connectivity index (χ1) is 47.9. The Morgan fingerprint density at radius 3 is 0.717 bits per heavy atom. The van der Waals surface area contributed by atoms with E-state index in [9.17, 15) is 43.2 Å². The molecule has 0 fully saturated rings. The number of aliphatic hydroxyl groups excluding tert-OH is 1. The highest BCUT2D eigenvalue weighted by molar-refractivity contribution is 7.47. The van der Waals surface area contributed by atoms with Gasteiger partial charge >= 0.3 is 39.5 Å². The van der Waals surface area contributed by atoms with Crippen LogP contribution in [0, 0.1) is 11.8 Å². The number of aliphatic hydroxyl groups is 1. The first-order valence-electron chi connectivity index (χ1n) is 41.6. The number of esters is 4. The smallest absolute Gasteiger partial charge is 0.462 e. The molecule has 588 valence electrons. The normalized spacial score (nSPS) is 14.5. The lowest BCUT2D eigenvalue weighted by Crippen LogP contribution is -2.30. The summed E-state index contributed by atoms with van der Waals surface area (Å²) in [5.74, 6) is -0.392. The molecule has 0 aliphatic carbocycles. The van der Waals surface area contributed by atoms with Gasteiger partial charge < -0.3 is 33.8 Å². The summed E-state index contributed by atoms with van der Waals surface area (Å²) in [6, 6.07) is 0. The molecule has 7 atom stereocenters. The van der Waals surface area contributed by atoms with Crippen LogP contribution in [0.2, 0.25) is 0 Å². The van der Waals surface area contributed by atoms with E-state index in [2.05, 4.69) is 41.5 Å². The van der Waals surface area contributed by atoms with Gasteiger partial charge in [-0.3, -0.25) is 37.3 Å². The highest BCUT2D eigenvalue weighted by Crippen LogP contribution is 2.45. The molecule has 0 aliphatic heterocycles. The molecular formula is C80H156O17P2. The highest BCUT2D eigenvalue weighted by atomic mass is 31.2. The zero-order chi connectivity index (χ0) is 72.8. The SMILES string of the molecule is CCCCCCCCCCCCCC(=O)O[C@H](COC(=O)CCCCCCCCCC)COP(=O)(O)OC[C@H](O)COP(=O)(O)OC[C@@H](COC(=O)CCCCCCCCCCCCCCCCC(C)CC)OC(=O)CCCCCCCCCCCCCCCCCCCCC(C)CC. The minimum absolute atomic E-state index is 0.107. The van der Waals surface area contributed by atoms with Crippen molar-refractivity contribution in [3.63, 3.8) is 0 Å². The van der Waals surface area contributed by atoms with Crippen molar-refractivity contribution in [2.24, 2.45) is 11.8 Å². The number of phosphoric acid groups is 2. The monoisotopic (exact) mass is 1450 g/mol. The summed E-state index contributed by atoms with van der Waals surface area (Å²) in [6.45, 7) is 9.71. The molecule has 19 heteroatoms. The van der Waals surface area contributed by atoms with Crippen LogP contribution in [0.25, 0.3) is 0 Å². The summed E-state index contributed by atoms with van der Waals surface area (Å²) in [7, 11) is -9.91. The molecular weight excluding hydrogens is 1290 g/mol. The van der Waals surface area contributed by atoms with Gasteiger partial charge in [-0.2, -0.15) is 0 Å². The molecule has 0 aromatic heterocycles. The average Bonchev–Trinajstić information content (AvgIpc) is 1.02. The van der Waals surface area contributed by atoms with Gasteiger partial charge in [0.2, 0.25) is 0 Å². The largest absolute Gasteiger partial charge is 0.472 e. The quantitative estimate of drug-likeness (QED) is 0.0222. The van der Waals surface area contributed by atoms with Crippen molar-refractivity contribution in [2.45, 2.75) is 439 Å². The molecule has 0 aromatic carbocycles. The fourth-order valence-corrected chi connectivity index (χ4v) is 13.9. The van der Waals surface area contributed by atoms with Crippen LogP contribution in [0.1, 0.15) is 420 Å². The fourth-order valence-electron chi connectivity index (χ4n) is 12.3. The van der Waals surface area contributed by atoms with Crippen LogP contribution in [0.5, 0.6) is 0 Å². The molecule has 0 radical (unpaired) electrons. The molecule has 0 saturated carbocycles. The van der Waals surface area contributed by atoms with Crippen molar-refractivity contribution < 1.29 is 80.2 Å². The lowest BCUT2D eigenvalue weighted by Gasteiger charge is -2.21. The van der Waals surface area contributed by atoms with E-state index in [1.807, 2.05) is 0 Å². The van der Waals surface area contributed by atoms with E-state index in [-0.39, 0.29) is 25.7 Å². The molecule has 17 nitrogen and oxygen atoms in total. The van der Waals surface area contributed by atoms with Gasteiger partial charge in [0.15, 0.2) is 12.2 Å². The first kappa shape index (κ1) is 97.1. The van der Waals surface area contributed by atoms with E-state index < -0.39 is 97.5 Å². The number of hydrogen-bond acceptors (Lipinski definition) is 15.